The first-order valence-corrected chi connectivity index (χ1v) is 6.12. The zero-order chi connectivity index (χ0) is 10.6. The van der Waals surface area contributed by atoms with Crippen LogP contribution >= 0.6 is 28.6 Å². The van der Waals surface area contributed by atoms with Crippen LogP contribution in [0.3, 0.4) is 0 Å². The highest BCUT2D eigenvalue weighted by molar-refractivity contribution is 9.09. The summed E-state index contributed by atoms with van der Waals surface area (Å²) < 4.78 is 0. The van der Waals surface area contributed by atoms with Crippen LogP contribution in [0.5, 0.6) is 0 Å². The van der Waals surface area contributed by atoms with E-state index in [0.29, 0.717) is 11.8 Å². The van der Waals surface area contributed by atoms with Gasteiger partial charge >= 0.3 is 0 Å². The van der Waals surface area contributed by atoms with Gasteiger partial charge in [-0.2, -0.15) is 0 Å². The third kappa shape index (κ3) is 3.14. The zero-order valence-corrected chi connectivity index (χ0v) is 10.6. The molecular weight excluding hydrogens is 260 g/mol. The summed E-state index contributed by atoms with van der Waals surface area (Å²) in [7, 11) is 0. The molecule has 0 unspecified atom stereocenters. The van der Waals surface area contributed by atoms with Crippen LogP contribution in [0, 0.1) is 0 Å². The van der Waals surface area contributed by atoms with E-state index in [1.165, 1.54) is 5.56 Å². The van der Waals surface area contributed by atoms with Gasteiger partial charge < -0.3 is 0 Å². The molecule has 0 aliphatic rings. The van der Waals surface area contributed by atoms with E-state index < -0.39 is 0 Å². The number of Topliss-reactive ketones (excluding diaryl/α,β-unsaturated/α-hetero) is 1. The van der Waals surface area contributed by atoms with Gasteiger partial charge in [-0.25, -0.2) is 0 Å². The lowest BCUT2D eigenvalue weighted by molar-refractivity contribution is -0.115. The summed E-state index contributed by atoms with van der Waals surface area (Å²) in [5.41, 5.74) is 2.33. The zero-order valence-electron chi connectivity index (χ0n) is 8.09. The third-order valence-electron chi connectivity index (χ3n) is 2.11. The summed E-state index contributed by atoms with van der Waals surface area (Å²) in [5.74, 6) is 0.214. The highest BCUT2D eigenvalue weighted by Crippen LogP contribution is 2.16. The highest BCUT2D eigenvalue weighted by atomic mass is 79.9. The molecule has 0 heterocycles. The minimum absolute atomic E-state index is 0.214. The number of rotatable bonds is 4. The molecule has 76 valence electrons. The van der Waals surface area contributed by atoms with Crippen molar-refractivity contribution in [1.29, 1.82) is 0 Å². The number of hydrogen-bond donors (Lipinski definition) is 1. The van der Waals surface area contributed by atoms with Crippen molar-refractivity contribution in [3.8, 4) is 0 Å². The molecule has 1 nitrogen and oxygen atoms in total. The van der Waals surface area contributed by atoms with E-state index >= 15 is 0 Å². The fourth-order valence-electron chi connectivity index (χ4n) is 1.37. The van der Waals surface area contributed by atoms with Gasteiger partial charge in [0.2, 0.25) is 0 Å². The Labute approximate surface area is 98.4 Å². The normalized spacial score (nSPS) is 10.2. The van der Waals surface area contributed by atoms with Gasteiger partial charge in [0.15, 0.2) is 0 Å². The SMILES string of the molecule is CCc1cc(S)ccc1CC(=O)CBr. The van der Waals surface area contributed by atoms with Crippen molar-refractivity contribution in [2.24, 2.45) is 0 Å². The number of aryl methyl sites for hydroxylation is 1. The summed E-state index contributed by atoms with van der Waals surface area (Å²) in [6.07, 6.45) is 1.46. The van der Waals surface area contributed by atoms with E-state index in [9.17, 15) is 4.79 Å². The Kier molecular flexibility index (Phi) is 4.69. The lowest BCUT2D eigenvalue weighted by Gasteiger charge is -2.06. The first kappa shape index (κ1) is 11.8. The fraction of sp³-hybridized carbons (Fsp3) is 0.364. The molecule has 0 aromatic heterocycles. The minimum atomic E-state index is 0.214. The molecule has 0 aliphatic carbocycles. The number of halogens is 1. The molecule has 1 aromatic rings. The molecule has 1 rings (SSSR count). The van der Waals surface area contributed by atoms with E-state index in [1.807, 2.05) is 18.2 Å². The Morgan fingerprint density at radius 2 is 2.14 bits per heavy atom. The lowest BCUT2D eigenvalue weighted by Crippen LogP contribution is -2.05. The lowest BCUT2D eigenvalue weighted by atomic mass is 10.0. The second kappa shape index (κ2) is 5.56. The second-order valence-electron chi connectivity index (χ2n) is 3.16. The molecule has 0 atom stereocenters. The summed E-state index contributed by atoms with van der Waals surface area (Å²) in [4.78, 5) is 12.2. The van der Waals surface area contributed by atoms with Crippen molar-refractivity contribution >= 4 is 34.3 Å². The Morgan fingerprint density at radius 1 is 1.43 bits per heavy atom. The van der Waals surface area contributed by atoms with Gasteiger partial charge in [-0.1, -0.05) is 28.9 Å². The predicted molar refractivity (Wildman–Crippen MR) is 65.6 cm³/mol. The van der Waals surface area contributed by atoms with Crippen LogP contribution in [0.1, 0.15) is 18.1 Å². The number of carbonyl (C=O) groups excluding carboxylic acids is 1. The molecular formula is C11H13BrOS. The maximum Gasteiger partial charge on any atom is 0.147 e. The summed E-state index contributed by atoms with van der Waals surface area (Å²) in [5, 5.41) is 0.429. The molecule has 1 aromatic carbocycles. The molecule has 14 heavy (non-hydrogen) atoms. The van der Waals surface area contributed by atoms with E-state index in [0.717, 1.165) is 16.9 Å². The maximum absolute atomic E-state index is 11.3. The van der Waals surface area contributed by atoms with Crippen molar-refractivity contribution in [3.63, 3.8) is 0 Å². The van der Waals surface area contributed by atoms with Crippen LogP contribution < -0.4 is 0 Å². The molecule has 0 aliphatic heterocycles. The number of alkyl halides is 1. The number of hydrogen-bond acceptors (Lipinski definition) is 2. The van der Waals surface area contributed by atoms with Crippen LogP contribution in [0.25, 0.3) is 0 Å². The summed E-state index contributed by atoms with van der Waals surface area (Å²) in [6, 6.07) is 5.95. The summed E-state index contributed by atoms with van der Waals surface area (Å²) in [6.45, 7) is 2.09. The molecule has 0 fully saturated rings. The van der Waals surface area contributed by atoms with Crippen LogP contribution in [-0.2, 0) is 17.6 Å². The van der Waals surface area contributed by atoms with Gasteiger partial charge in [-0.15, -0.1) is 12.6 Å². The first-order valence-electron chi connectivity index (χ1n) is 4.55. The summed E-state index contributed by atoms with van der Waals surface area (Å²) >= 11 is 7.44. The Hall–Kier alpha value is -0.280. The molecule has 0 radical (unpaired) electrons. The van der Waals surface area contributed by atoms with E-state index in [2.05, 4.69) is 35.5 Å². The second-order valence-corrected chi connectivity index (χ2v) is 4.23. The van der Waals surface area contributed by atoms with E-state index in [1.54, 1.807) is 0 Å². The van der Waals surface area contributed by atoms with Crippen LogP contribution in [-0.4, -0.2) is 11.1 Å². The maximum atomic E-state index is 11.3. The minimum Gasteiger partial charge on any atom is -0.298 e. The molecule has 0 bridgehead atoms. The Morgan fingerprint density at radius 3 is 2.71 bits per heavy atom. The first-order chi connectivity index (χ1) is 6.67. The monoisotopic (exact) mass is 272 g/mol. The van der Waals surface area contributed by atoms with Crippen molar-refractivity contribution in [2.75, 3.05) is 5.33 Å². The number of ketones is 1. The van der Waals surface area contributed by atoms with Gasteiger partial charge in [-0.3, -0.25) is 4.79 Å². The quantitative estimate of drug-likeness (QED) is 0.659. The topological polar surface area (TPSA) is 17.1 Å². The smallest absolute Gasteiger partial charge is 0.147 e. The van der Waals surface area contributed by atoms with E-state index in [4.69, 9.17) is 0 Å². The largest absolute Gasteiger partial charge is 0.298 e. The molecule has 0 spiro atoms. The van der Waals surface area contributed by atoms with Gasteiger partial charge in [0.1, 0.15) is 5.78 Å². The van der Waals surface area contributed by atoms with Gasteiger partial charge in [0.25, 0.3) is 0 Å². The van der Waals surface area contributed by atoms with Crippen LogP contribution in [0.2, 0.25) is 0 Å². The standard InChI is InChI=1S/C11H13BrOS/c1-2-8-6-11(14)4-3-9(8)5-10(13)7-12/h3-4,6,14H,2,5,7H2,1H3. The molecule has 0 saturated carbocycles. The van der Waals surface area contributed by atoms with Crippen LogP contribution in [0.15, 0.2) is 23.1 Å². The Balaban J connectivity index is 2.90. The average Bonchev–Trinajstić information content (AvgIpc) is 2.20. The van der Waals surface area contributed by atoms with Gasteiger partial charge in [0.05, 0.1) is 5.33 Å². The fourth-order valence-corrected chi connectivity index (χ4v) is 1.80. The van der Waals surface area contributed by atoms with E-state index in [-0.39, 0.29) is 5.78 Å². The van der Waals surface area contributed by atoms with Crippen molar-refractivity contribution in [3.05, 3.63) is 29.3 Å². The molecule has 0 N–H and O–H groups in total. The number of benzene rings is 1. The van der Waals surface area contributed by atoms with Gasteiger partial charge in [-0.05, 0) is 29.7 Å². The third-order valence-corrected chi connectivity index (χ3v) is 3.01. The van der Waals surface area contributed by atoms with Crippen molar-refractivity contribution in [1.82, 2.24) is 0 Å². The molecule has 0 saturated heterocycles. The number of carbonyl (C=O) groups is 1. The Bertz CT molecular complexity index is 336. The van der Waals surface area contributed by atoms with Crippen molar-refractivity contribution < 1.29 is 4.79 Å². The predicted octanol–water partition coefficient (Wildman–Crippen LogP) is 3.04. The van der Waals surface area contributed by atoms with Crippen molar-refractivity contribution in [2.45, 2.75) is 24.7 Å². The molecule has 0 amide bonds. The number of thiol groups is 1. The average molecular weight is 273 g/mol. The van der Waals surface area contributed by atoms with Crippen LogP contribution in [0.4, 0.5) is 0 Å². The van der Waals surface area contributed by atoms with Gasteiger partial charge in [0, 0.05) is 11.3 Å². The molecule has 3 heteroatoms. The highest BCUT2D eigenvalue weighted by Gasteiger charge is 2.06.